The molecule has 1 saturated carbocycles. The van der Waals surface area contributed by atoms with Crippen LogP contribution in [0.3, 0.4) is 0 Å². The molecule has 0 bridgehead atoms. The van der Waals surface area contributed by atoms with Gasteiger partial charge in [0.05, 0.1) is 0 Å². The number of rotatable bonds is 8. The molecule has 0 aliphatic heterocycles. The summed E-state index contributed by atoms with van der Waals surface area (Å²) in [5.41, 5.74) is 0. The third kappa shape index (κ3) is 7.65. The zero-order valence-corrected chi connectivity index (χ0v) is 15.3. The van der Waals surface area contributed by atoms with Gasteiger partial charge in [0, 0.05) is 25.2 Å². The van der Waals surface area contributed by atoms with Crippen molar-refractivity contribution in [2.75, 3.05) is 19.6 Å². The van der Waals surface area contributed by atoms with E-state index in [1.165, 1.54) is 64.6 Å². The van der Waals surface area contributed by atoms with Crippen LogP contribution in [-0.4, -0.2) is 36.6 Å². The molecule has 0 amide bonds. The lowest BCUT2D eigenvalue weighted by molar-refractivity contribution is 0.106. The van der Waals surface area contributed by atoms with Crippen LogP contribution in [0.4, 0.5) is 0 Å². The summed E-state index contributed by atoms with van der Waals surface area (Å²) in [6.45, 7) is 15.4. The SMILES string of the molecule is CCCNC1CCCCCCC1N(CC(C)C)CC(C)C. The fourth-order valence-corrected chi connectivity index (χ4v) is 3.75. The molecule has 1 rings (SSSR count). The van der Waals surface area contributed by atoms with Gasteiger partial charge in [-0.2, -0.15) is 0 Å². The van der Waals surface area contributed by atoms with Crippen LogP contribution >= 0.6 is 0 Å². The summed E-state index contributed by atoms with van der Waals surface area (Å²) in [5, 5.41) is 3.87. The van der Waals surface area contributed by atoms with E-state index in [9.17, 15) is 0 Å². The van der Waals surface area contributed by atoms with Crippen LogP contribution in [-0.2, 0) is 0 Å². The maximum Gasteiger partial charge on any atom is 0.0249 e. The molecule has 0 saturated heterocycles. The van der Waals surface area contributed by atoms with Crippen LogP contribution in [0.5, 0.6) is 0 Å². The summed E-state index contributed by atoms with van der Waals surface area (Å²) in [6, 6.07) is 1.46. The van der Waals surface area contributed by atoms with Gasteiger partial charge in [-0.3, -0.25) is 4.90 Å². The molecule has 2 heteroatoms. The Balaban J connectivity index is 2.77. The highest BCUT2D eigenvalue weighted by Crippen LogP contribution is 2.24. The molecule has 1 aliphatic rings. The van der Waals surface area contributed by atoms with Gasteiger partial charge in [0.15, 0.2) is 0 Å². The van der Waals surface area contributed by atoms with Gasteiger partial charge >= 0.3 is 0 Å². The summed E-state index contributed by atoms with van der Waals surface area (Å²) in [7, 11) is 0. The van der Waals surface area contributed by atoms with Crippen LogP contribution in [0.2, 0.25) is 0 Å². The van der Waals surface area contributed by atoms with Gasteiger partial charge in [-0.15, -0.1) is 0 Å². The fraction of sp³-hybridized carbons (Fsp3) is 1.00. The Morgan fingerprint density at radius 2 is 1.48 bits per heavy atom. The van der Waals surface area contributed by atoms with Gasteiger partial charge in [-0.25, -0.2) is 0 Å². The number of nitrogens with zero attached hydrogens (tertiary/aromatic N) is 1. The maximum atomic E-state index is 3.87. The molecule has 126 valence electrons. The van der Waals surface area contributed by atoms with Gasteiger partial charge in [-0.05, 0) is 37.6 Å². The highest BCUT2D eigenvalue weighted by Gasteiger charge is 2.28. The Bertz CT molecular complexity index is 238. The maximum absolute atomic E-state index is 3.87. The first-order chi connectivity index (χ1) is 10.0. The zero-order valence-electron chi connectivity index (χ0n) is 15.3. The molecule has 0 aromatic rings. The molecule has 2 nitrogen and oxygen atoms in total. The fourth-order valence-electron chi connectivity index (χ4n) is 3.75. The smallest absolute Gasteiger partial charge is 0.0249 e. The predicted octanol–water partition coefficient (Wildman–Crippen LogP) is 4.69. The first-order valence-electron chi connectivity index (χ1n) is 9.52. The van der Waals surface area contributed by atoms with Crippen molar-refractivity contribution in [2.45, 2.75) is 91.6 Å². The Kier molecular flexibility index (Phi) is 9.59. The van der Waals surface area contributed by atoms with E-state index in [4.69, 9.17) is 0 Å². The Labute approximate surface area is 134 Å². The number of nitrogens with one attached hydrogen (secondary N) is 1. The Morgan fingerprint density at radius 3 is 2.00 bits per heavy atom. The second kappa shape index (κ2) is 10.6. The summed E-state index contributed by atoms with van der Waals surface area (Å²) in [5.74, 6) is 1.53. The van der Waals surface area contributed by atoms with Gasteiger partial charge in [0.1, 0.15) is 0 Å². The van der Waals surface area contributed by atoms with Crippen LogP contribution in [0.1, 0.15) is 79.6 Å². The highest BCUT2D eigenvalue weighted by atomic mass is 15.2. The van der Waals surface area contributed by atoms with E-state index in [1.807, 2.05) is 0 Å². The average Bonchev–Trinajstić information content (AvgIpc) is 2.36. The summed E-state index contributed by atoms with van der Waals surface area (Å²) in [6.07, 6.45) is 9.71. The van der Waals surface area contributed by atoms with Crippen molar-refractivity contribution in [3.63, 3.8) is 0 Å². The van der Waals surface area contributed by atoms with Gasteiger partial charge in [0.2, 0.25) is 0 Å². The molecule has 0 radical (unpaired) electrons. The number of hydrogen-bond donors (Lipinski definition) is 1. The van der Waals surface area contributed by atoms with E-state index < -0.39 is 0 Å². The van der Waals surface area contributed by atoms with Crippen molar-refractivity contribution in [1.29, 1.82) is 0 Å². The van der Waals surface area contributed by atoms with Crippen LogP contribution in [0, 0.1) is 11.8 Å². The largest absolute Gasteiger partial charge is 0.312 e. The van der Waals surface area contributed by atoms with Crippen LogP contribution in [0.25, 0.3) is 0 Å². The van der Waals surface area contributed by atoms with E-state index in [-0.39, 0.29) is 0 Å². The van der Waals surface area contributed by atoms with Gasteiger partial charge in [0.25, 0.3) is 0 Å². The lowest BCUT2D eigenvalue weighted by atomic mass is 9.90. The van der Waals surface area contributed by atoms with Gasteiger partial charge in [-0.1, -0.05) is 60.3 Å². The second-order valence-corrected chi connectivity index (χ2v) is 7.86. The number of hydrogen-bond acceptors (Lipinski definition) is 2. The van der Waals surface area contributed by atoms with E-state index in [0.29, 0.717) is 6.04 Å². The lowest BCUT2D eigenvalue weighted by Gasteiger charge is -2.40. The first kappa shape index (κ1) is 19.0. The molecule has 0 heterocycles. The normalized spacial score (nSPS) is 24.6. The van der Waals surface area contributed by atoms with Gasteiger partial charge < -0.3 is 5.32 Å². The topological polar surface area (TPSA) is 15.3 Å². The van der Waals surface area contributed by atoms with Crippen molar-refractivity contribution >= 4 is 0 Å². The Hall–Kier alpha value is -0.0800. The molecular formula is C19H40N2. The molecule has 21 heavy (non-hydrogen) atoms. The zero-order chi connectivity index (χ0) is 15.7. The van der Waals surface area contributed by atoms with Crippen molar-refractivity contribution in [3.8, 4) is 0 Å². The molecule has 0 aromatic heterocycles. The highest BCUT2D eigenvalue weighted by molar-refractivity contribution is 4.87. The molecule has 0 aromatic carbocycles. The van der Waals surface area contributed by atoms with E-state index >= 15 is 0 Å². The third-order valence-electron chi connectivity index (χ3n) is 4.55. The molecule has 1 fully saturated rings. The van der Waals surface area contributed by atoms with E-state index in [0.717, 1.165) is 17.9 Å². The monoisotopic (exact) mass is 296 g/mol. The van der Waals surface area contributed by atoms with Crippen molar-refractivity contribution in [2.24, 2.45) is 11.8 Å². The summed E-state index contributed by atoms with van der Waals surface area (Å²) in [4.78, 5) is 2.81. The van der Waals surface area contributed by atoms with Crippen LogP contribution < -0.4 is 5.32 Å². The molecule has 2 atom stereocenters. The quantitative estimate of drug-likeness (QED) is 0.699. The molecule has 1 aliphatic carbocycles. The third-order valence-corrected chi connectivity index (χ3v) is 4.55. The Morgan fingerprint density at radius 1 is 0.905 bits per heavy atom. The molecule has 1 N–H and O–H groups in total. The first-order valence-corrected chi connectivity index (χ1v) is 9.52. The summed E-state index contributed by atoms with van der Waals surface area (Å²) < 4.78 is 0. The molecule has 0 spiro atoms. The minimum absolute atomic E-state index is 0.711. The molecule has 2 unspecified atom stereocenters. The average molecular weight is 297 g/mol. The lowest BCUT2D eigenvalue weighted by Crippen LogP contribution is -2.52. The predicted molar refractivity (Wildman–Crippen MR) is 94.8 cm³/mol. The van der Waals surface area contributed by atoms with Crippen molar-refractivity contribution in [3.05, 3.63) is 0 Å². The summed E-state index contributed by atoms with van der Waals surface area (Å²) >= 11 is 0. The standard InChI is InChI=1S/C19H40N2/c1-6-13-20-18-11-9-7-8-10-12-19(18)21(14-16(2)3)15-17(4)5/h16-20H,6-15H2,1-5H3. The van der Waals surface area contributed by atoms with E-state index in [2.05, 4.69) is 44.8 Å². The second-order valence-electron chi connectivity index (χ2n) is 7.86. The van der Waals surface area contributed by atoms with Crippen molar-refractivity contribution < 1.29 is 0 Å². The minimum atomic E-state index is 0.711. The molecular weight excluding hydrogens is 256 g/mol. The van der Waals surface area contributed by atoms with Crippen LogP contribution in [0.15, 0.2) is 0 Å². The van der Waals surface area contributed by atoms with Crippen molar-refractivity contribution in [1.82, 2.24) is 10.2 Å². The van der Waals surface area contributed by atoms with E-state index in [1.54, 1.807) is 0 Å². The minimum Gasteiger partial charge on any atom is -0.312 e.